The molecule has 5 heteroatoms. The summed E-state index contributed by atoms with van der Waals surface area (Å²) in [6, 6.07) is 7.48. The van der Waals surface area contributed by atoms with Crippen LogP contribution in [0, 0.1) is 5.92 Å². The molecule has 2 N–H and O–H groups in total. The minimum Gasteiger partial charge on any atom is -0.495 e. The Labute approximate surface area is 113 Å². The Morgan fingerprint density at radius 2 is 2.16 bits per heavy atom. The van der Waals surface area contributed by atoms with Crippen molar-refractivity contribution >= 4 is 17.3 Å². The molecule has 0 bridgehead atoms. The lowest BCUT2D eigenvalue weighted by Gasteiger charge is -2.09. The van der Waals surface area contributed by atoms with Gasteiger partial charge in [-0.3, -0.25) is 4.79 Å². The number of hydrogen-bond donors (Lipinski definition) is 2. The fourth-order valence-electron chi connectivity index (χ4n) is 1.75. The lowest BCUT2D eigenvalue weighted by molar-refractivity contribution is -0.119. The maximum Gasteiger partial charge on any atom is 0.259 e. The summed E-state index contributed by atoms with van der Waals surface area (Å²) in [5, 5.41) is 7.11. The molecule has 0 aromatic heterocycles. The van der Waals surface area contributed by atoms with E-state index in [1.54, 1.807) is 7.11 Å². The number of anilines is 1. The predicted molar refractivity (Wildman–Crippen MR) is 75.5 cm³/mol. The zero-order valence-corrected chi connectivity index (χ0v) is 11.3. The third kappa shape index (κ3) is 3.98. The summed E-state index contributed by atoms with van der Waals surface area (Å²) < 4.78 is 5.19. The van der Waals surface area contributed by atoms with Crippen LogP contribution in [0.3, 0.4) is 0 Å². The van der Waals surface area contributed by atoms with Crippen molar-refractivity contribution in [2.24, 2.45) is 11.0 Å². The van der Waals surface area contributed by atoms with E-state index in [1.807, 2.05) is 31.2 Å². The van der Waals surface area contributed by atoms with Gasteiger partial charge in [0.2, 0.25) is 0 Å². The molecular formula is C14H19N3O2. The molecule has 1 aromatic rings. The van der Waals surface area contributed by atoms with Gasteiger partial charge in [0.1, 0.15) is 5.75 Å². The predicted octanol–water partition coefficient (Wildman–Crippen LogP) is 2.01. The Balaban J connectivity index is 1.81. The highest BCUT2D eigenvalue weighted by Gasteiger charge is 2.24. The number of rotatable bonds is 6. The molecule has 0 saturated heterocycles. The fourth-order valence-corrected chi connectivity index (χ4v) is 1.75. The van der Waals surface area contributed by atoms with Gasteiger partial charge in [-0.15, -0.1) is 0 Å². The molecule has 0 unspecified atom stereocenters. The molecule has 5 nitrogen and oxygen atoms in total. The molecule has 2 rings (SSSR count). The first-order valence-corrected chi connectivity index (χ1v) is 6.40. The molecule has 1 fully saturated rings. The largest absolute Gasteiger partial charge is 0.495 e. The molecule has 0 aliphatic heterocycles. The van der Waals surface area contributed by atoms with E-state index in [1.165, 1.54) is 12.8 Å². The third-order valence-corrected chi connectivity index (χ3v) is 3.07. The van der Waals surface area contributed by atoms with Crippen molar-refractivity contribution in [1.29, 1.82) is 0 Å². The van der Waals surface area contributed by atoms with Crippen molar-refractivity contribution in [3.8, 4) is 5.75 Å². The van der Waals surface area contributed by atoms with Gasteiger partial charge in [0.05, 0.1) is 19.3 Å². The van der Waals surface area contributed by atoms with Crippen molar-refractivity contribution in [2.45, 2.75) is 19.8 Å². The van der Waals surface area contributed by atoms with Gasteiger partial charge in [-0.1, -0.05) is 12.1 Å². The molecule has 1 aliphatic rings. The average molecular weight is 261 g/mol. The molecule has 102 valence electrons. The topological polar surface area (TPSA) is 62.7 Å². The van der Waals surface area contributed by atoms with Crippen molar-refractivity contribution in [1.82, 2.24) is 5.43 Å². The molecule has 0 spiro atoms. The molecule has 1 aliphatic carbocycles. The highest BCUT2D eigenvalue weighted by Crippen LogP contribution is 2.30. The van der Waals surface area contributed by atoms with Crippen LogP contribution in [0.2, 0.25) is 0 Å². The zero-order valence-electron chi connectivity index (χ0n) is 11.3. The van der Waals surface area contributed by atoms with E-state index >= 15 is 0 Å². The van der Waals surface area contributed by atoms with Crippen LogP contribution in [-0.4, -0.2) is 25.3 Å². The minimum absolute atomic E-state index is 0.161. The summed E-state index contributed by atoms with van der Waals surface area (Å²) >= 11 is 0. The Hall–Kier alpha value is -2.04. The van der Waals surface area contributed by atoms with Gasteiger partial charge in [0.25, 0.3) is 5.91 Å². The zero-order chi connectivity index (χ0) is 13.7. The Morgan fingerprint density at radius 1 is 1.42 bits per heavy atom. The smallest absolute Gasteiger partial charge is 0.259 e. The number of ether oxygens (including phenoxy) is 1. The molecule has 0 atom stereocenters. The van der Waals surface area contributed by atoms with Gasteiger partial charge < -0.3 is 10.1 Å². The van der Waals surface area contributed by atoms with Crippen LogP contribution < -0.4 is 15.5 Å². The van der Waals surface area contributed by atoms with E-state index in [0.717, 1.165) is 11.4 Å². The number of carbonyl (C=O) groups is 1. The summed E-state index contributed by atoms with van der Waals surface area (Å²) in [5.74, 6) is 1.13. The average Bonchev–Trinajstić information content (AvgIpc) is 3.27. The summed E-state index contributed by atoms with van der Waals surface area (Å²) in [4.78, 5) is 11.6. The van der Waals surface area contributed by atoms with Crippen LogP contribution in [0.15, 0.2) is 29.4 Å². The van der Waals surface area contributed by atoms with Crippen LogP contribution in [0.1, 0.15) is 19.8 Å². The van der Waals surface area contributed by atoms with Crippen molar-refractivity contribution < 1.29 is 9.53 Å². The number of amides is 1. The standard InChI is InChI=1S/C14H19N3O2/c1-10(11-7-8-11)16-17-14(18)9-15-12-5-3-4-6-13(12)19-2/h3-6,11,15H,7-9H2,1-2H3,(H,17,18)/b16-10-. The van der Waals surface area contributed by atoms with E-state index in [-0.39, 0.29) is 12.5 Å². The normalized spacial score (nSPS) is 14.9. The second kappa shape index (κ2) is 6.22. The Bertz CT molecular complexity index is 481. The van der Waals surface area contributed by atoms with Crippen LogP contribution in [-0.2, 0) is 4.79 Å². The van der Waals surface area contributed by atoms with Gasteiger partial charge in [-0.2, -0.15) is 5.10 Å². The number of nitrogens with zero attached hydrogens (tertiary/aromatic N) is 1. The van der Waals surface area contributed by atoms with Gasteiger partial charge in [0.15, 0.2) is 0 Å². The van der Waals surface area contributed by atoms with Crippen molar-refractivity contribution in [3.63, 3.8) is 0 Å². The first kappa shape index (κ1) is 13.4. The number of para-hydroxylation sites is 2. The van der Waals surface area contributed by atoms with Crippen molar-refractivity contribution in [2.75, 3.05) is 19.0 Å². The fraction of sp³-hybridized carbons (Fsp3) is 0.429. The highest BCUT2D eigenvalue weighted by molar-refractivity contribution is 5.88. The van der Waals surface area contributed by atoms with Crippen molar-refractivity contribution in [3.05, 3.63) is 24.3 Å². The molecule has 1 saturated carbocycles. The number of hydrogen-bond acceptors (Lipinski definition) is 4. The second-order valence-corrected chi connectivity index (χ2v) is 4.62. The van der Waals surface area contributed by atoms with Crippen LogP contribution in [0.5, 0.6) is 5.75 Å². The van der Waals surface area contributed by atoms with Crippen LogP contribution in [0.4, 0.5) is 5.69 Å². The summed E-state index contributed by atoms with van der Waals surface area (Å²) in [7, 11) is 1.60. The Morgan fingerprint density at radius 3 is 2.84 bits per heavy atom. The number of methoxy groups -OCH3 is 1. The third-order valence-electron chi connectivity index (χ3n) is 3.07. The van der Waals surface area contributed by atoms with E-state index in [4.69, 9.17) is 4.74 Å². The minimum atomic E-state index is -0.161. The molecule has 0 radical (unpaired) electrons. The Kier molecular flexibility index (Phi) is 4.39. The maximum atomic E-state index is 11.6. The maximum absolute atomic E-state index is 11.6. The summed E-state index contributed by atoms with van der Waals surface area (Å²) in [5.41, 5.74) is 4.36. The number of nitrogens with one attached hydrogen (secondary N) is 2. The number of hydrazone groups is 1. The van der Waals surface area contributed by atoms with Gasteiger partial charge in [0, 0.05) is 5.71 Å². The van der Waals surface area contributed by atoms with Gasteiger partial charge >= 0.3 is 0 Å². The van der Waals surface area contributed by atoms with E-state index < -0.39 is 0 Å². The first-order valence-electron chi connectivity index (χ1n) is 6.40. The molecular weight excluding hydrogens is 242 g/mol. The first-order chi connectivity index (χ1) is 9.20. The number of carbonyl (C=O) groups excluding carboxylic acids is 1. The van der Waals surface area contributed by atoms with Crippen LogP contribution in [0.25, 0.3) is 0 Å². The molecule has 1 amide bonds. The monoisotopic (exact) mass is 261 g/mol. The van der Waals surface area contributed by atoms with E-state index in [2.05, 4.69) is 15.8 Å². The summed E-state index contributed by atoms with van der Waals surface area (Å²) in [6.45, 7) is 2.12. The molecule has 1 aromatic carbocycles. The quantitative estimate of drug-likeness (QED) is 0.608. The molecule has 0 heterocycles. The molecule has 19 heavy (non-hydrogen) atoms. The second-order valence-electron chi connectivity index (χ2n) is 4.62. The SMILES string of the molecule is COc1ccccc1NCC(=O)N/N=C(/C)C1CC1. The number of benzene rings is 1. The lowest BCUT2D eigenvalue weighted by atomic mass is 10.3. The van der Waals surface area contributed by atoms with Gasteiger partial charge in [-0.25, -0.2) is 5.43 Å². The lowest BCUT2D eigenvalue weighted by Crippen LogP contribution is -2.27. The van der Waals surface area contributed by atoms with E-state index in [0.29, 0.717) is 11.7 Å². The van der Waals surface area contributed by atoms with Gasteiger partial charge in [-0.05, 0) is 37.8 Å². The van der Waals surface area contributed by atoms with E-state index in [9.17, 15) is 4.79 Å². The summed E-state index contributed by atoms with van der Waals surface area (Å²) in [6.07, 6.45) is 2.37. The van der Waals surface area contributed by atoms with Crippen LogP contribution >= 0.6 is 0 Å². The highest BCUT2D eigenvalue weighted by atomic mass is 16.5.